The fourth-order valence-electron chi connectivity index (χ4n) is 2.20. The highest BCUT2D eigenvalue weighted by molar-refractivity contribution is 6.76. The molecule has 0 aromatic heterocycles. The highest BCUT2D eigenvalue weighted by Gasteiger charge is 2.24. The van der Waals surface area contributed by atoms with E-state index < -0.39 is 8.32 Å². The Morgan fingerprint density at radius 1 is 1.00 bits per heavy atom. The van der Waals surface area contributed by atoms with Crippen LogP contribution in [0.2, 0.25) is 13.1 Å². The normalized spacial score (nSPS) is 12.7. The molecule has 104 valence electrons. The summed E-state index contributed by atoms with van der Waals surface area (Å²) >= 11 is 0. The molecule has 1 unspecified atom stereocenters. The summed E-state index contributed by atoms with van der Waals surface area (Å²) in [5.74, 6) is 0. The zero-order chi connectivity index (χ0) is 14.5. The molecule has 0 saturated carbocycles. The van der Waals surface area contributed by atoms with E-state index in [2.05, 4.69) is 76.8 Å². The fourth-order valence-corrected chi connectivity index (χ4v) is 4.52. The van der Waals surface area contributed by atoms with Crippen LogP contribution >= 0.6 is 0 Å². The van der Waals surface area contributed by atoms with E-state index in [1.54, 1.807) is 0 Å². The van der Waals surface area contributed by atoms with Gasteiger partial charge in [-0.25, -0.2) is 0 Å². The number of hydrogen-bond acceptors (Lipinski definition) is 1. The molecule has 1 aromatic rings. The Balaban J connectivity index is 3.01. The predicted molar refractivity (Wildman–Crippen MR) is 86.6 cm³/mol. The van der Waals surface area contributed by atoms with Gasteiger partial charge >= 0.3 is 0 Å². The van der Waals surface area contributed by atoms with Gasteiger partial charge in [-0.1, -0.05) is 53.3 Å². The lowest BCUT2D eigenvalue weighted by molar-refractivity contribution is 0.250. The lowest BCUT2D eigenvalue weighted by Crippen LogP contribution is -2.30. The molecule has 0 saturated heterocycles. The van der Waals surface area contributed by atoms with Crippen LogP contribution < -0.4 is 0 Å². The molecule has 0 fully saturated rings. The van der Waals surface area contributed by atoms with Crippen LogP contribution in [-0.4, -0.2) is 8.32 Å². The standard InChI is InChI=1S/C17H26OSi/c1-14(2)12-17(16-10-8-7-9-11-16)18-19(5,6)13-15(3)4/h7-13,17H,1-6H3. The highest BCUT2D eigenvalue weighted by Crippen LogP contribution is 2.26. The van der Waals surface area contributed by atoms with Crippen molar-refractivity contribution in [2.24, 2.45) is 0 Å². The first-order valence-corrected chi connectivity index (χ1v) is 9.82. The van der Waals surface area contributed by atoms with Crippen LogP contribution in [0.4, 0.5) is 0 Å². The Morgan fingerprint density at radius 3 is 2.05 bits per heavy atom. The maximum atomic E-state index is 6.43. The van der Waals surface area contributed by atoms with Crippen molar-refractivity contribution >= 4 is 8.32 Å². The van der Waals surface area contributed by atoms with Crippen molar-refractivity contribution in [1.82, 2.24) is 0 Å². The molecular formula is C17H26OSi. The summed E-state index contributed by atoms with van der Waals surface area (Å²) < 4.78 is 6.43. The zero-order valence-electron chi connectivity index (χ0n) is 13.0. The van der Waals surface area contributed by atoms with Gasteiger partial charge in [-0.3, -0.25) is 0 Å². The Morgan fingerprint density at radius 2 is 1.58 bits per heavy atom. The molecule has 0 radical (unpaired) electrons. The Labute approximate surface area is 119 Å². The fraction of sp³-hybridized carbons (Fsp3) is 0.412. The van der Waals surface area contributed by atoms with E-state index in [1.807, 2.05) is 6.07 Å². The van der Waals surface area contributed by atoms with E-state index in [9.17, 15) is 0 Å². The van der Waals surface area contributed by atoms with Crippen molar-refractivity contribution in [2.75, 3.05) is 0 Å². The molecule has 1 rings (SSSR count). The van der Waals surface area contributed by atoms with Gasteiger partial charge in [0.1, 0.15) is 0 Å². The highest BCUT2D eigenvalue weighted by atomic mass is 28.4. The molecular weight excluding hydrogens is 248 g/mol. The average molecular weight is 274 g/mol. The third-order valence-electron chi connectivity index (χ3n) is 2.68. The third kappa shape index (κ3) is 6.04. The molecule has 2 heteroatoms. The second-order valence-electron chi connectivity index (χ2n) is 6.02. The second kappa shape index (κ2) is 6.87. The molecule has 1 atom stereocenters. The summed E-state index contributed by atoms with van der Waals surface area (Å²) in [5.41, 5.74) is 6.16. The molecule has 0 aliphatic carbocycles. The topological polar surface area (TPSA) is 9.23 Å². The van der Waals surface area contributed by atoms with Crippen molar-refractivity contribution in [1.29, 1.82) is 0 Å². The molecule has 0 aliphatic heterocycles. The third-order valence-corrected chi connectivity index (χ3v) is 4.81. The van der Waals surface area contributed by atoms with E-state index in [-0.39, 0.29) is 6.10 Å². The van der Waals surface area contributed by atoms with Crippen LogP contribution in [0.5, 0.6) is 0 Å². The van der Waals surface area contributed by atoms with Crippen molar-refractivity contribution in [3.05, 3.63) is 58.8 Å². The molecule has 0 N–H and O–H groups in total. The van der Waals surface area contributed by atoms with E-state index in [0.717, 1.165) is 0 Å². The van der Waals surface area contributed by atoms with Gasteiger partial charge in [0.25, 0.3) is 0 Å². The zero-order valence-corrected chi connectivity index (χ0v) is 14.0. The number of hydrogen-bond donors (Lipinski definition) is 0. The Bertz CT molecular complexity index is 449. The minimum Gasteiger partial charge on any atom is -0.403 e. The molecule has 0 aliphatic rings. The number of allylic oxidation sites excluding steroid dienone is 2. The molecule has 0 bridgehead atoms. The molecule has 0 spiro atoms. The molecule has 19 heavy (non-hydrogen) atoms. The van der Waals surface area contributed by atoms with E-state index in [1.165, 1.54) is 16.7 Å². The molecule has 0 heterocycles. The summed E-state index contributed by atoms with van der Waals surface area (Å²) in [5, 5.41) is 0. The van der Waals surface area contributed by atoms with Crippen LogP contribution in [0.15, 0.2) is 53.3 Å². The van der Waals surface area contributed by atoms with Crippen molar-refractivity contribution in [2.45, 2.75) is 46.9 Å². The van der Waals surface area contributed by atoms with Crippen molar-refractivity contribution in [3.8, 4) is 0 Å². The quantitative estimate of drug-likeness (QED) is 0.514. The first-order chi connectivity index (χ1) is 8.80. The van der Waals surface area contributed by atoms with Crippen molar-refractivity contribution < 1.29 is 4.43 Å². The van der Waals surface area contributed by atoms with Gasteiger partial charge in [0.05, 0.1) is 6.10 Å². The maximum absolute atomic E-state index is 6.43. The molecule has 1 aromatic carbocycles. The summed E-state index contributed by atoms with van der Waals surface area (Å²) in [4.78, 5) is 0. The first kappa shape index (κ1) is 15.9. The van der Waals surface area contributed by atoms with Gasteiger partial charge in [0.2, 0.25) is 8.32 Å². The minimum atomic E-state index is -1.79. The second-order valence-corrected chi connectivity index (χ2v) is 9.75. The molecule has 0 amide bonds. The monoisotopic (exact) mass is 274 g/mol. The van der Waals surface area contributed by atoms with Gasteiger partial charge in [0, 0.05) is 0 Å². The summed E-state index contributed by atoms with van der Waals surface area (Å²) in [7, 11) is -1.79. The van der Waals surface area contributed by atoms with Crippen molar-refractivity contribution in [3.63, 3.8) is 0 Å². The Kier molecular flexibility index (Phi) is 5.76. The lowest BCUT2D eigenvalue weighted by Gasteiger charge is -2.26. The van der Waals surface area contributed by atoms with Crippen LogP contribution in [0, 0.1) is 0 Å². The Hall–Kier alpha value is -1.12. The van der Waals surface area contributed by atoms with Gasteiger partial charge in [-0.2, -0.15) is 0 Å². The van der Waals surface area contributed by atoms with Crippen LogP contribution in [0.25, 0.3) is 0 Å². The van der Waals surface area contributed by atoms with E-state index in [4.69, 9.17) is 4.43 Å². The average Bonchev–Trinajstić information content (AvgIpc) is 2.26. The smallest absolute Gasteiger partial charge is 0.212 e. The predicted octanol–water partition coefficient (Wildman–Crippen LogP) is 5.42. The van der Waals surface area contributed by atoms with Gasteiger partial charge in [-0.15, -0.1) is 0 Å². The van der Waals surface area contributed by atoms with Gasteiger partial charge in [-0.05, 0) is 46.4 Å². The van der Waals surface area contributed by atoms with Gasteiger partial charge < -0.3 is 4.43 Å². The maximum Gasteiger partial charge on any atom is 0.212 e. The number of benzene rings is 1. The number of rotatable bonds is 5. The summed E-state index contributed by atoms with van der Waals surface area (Å²) in [6.07, 6.45) is 2.27. The van der Waals surface area contributed by atoms with Crippen LogP contribution in [-0.2, 0) is 4.43 Å². The summed E-state index contributed by atoms with van der Waals surface area (Å²) in [6, 6.07) is 10.5. The largest absolute Gasteiger partial charge is 0.403 e. The van der Waals surface area contributed by atoms with Gasteiger partial charge in [0.15, 0.2) is 0 Å². The van der Waals surface area contributed by atoms with E-state index >= 15 is 0 Å². The lowest BCUT2D eigenvalue weighted by atomic mass is 10.1. The summed E-state index contributed by atoms with van der Waals surface area (Å²) in [6.45, 7) is 13.0. The van der Waals surface area contributed by atoms with Crippen LogP contribution in [0.3, 0.4) is 0 Å². The SMILES string of the molecule is CC(C)=CC(O[Si](C)(C)C=C(C)C)c1ccccc1. The van der Waals surface area contributed by atoms with E-state index in [0.29, 0.717) is 0 Å². The first-order valence-electron chi connectivity index (χ1n) is 6.84. The van der Waals surface area contributed by atoms with Crippen LogP contribution in [0.1, 0.15) is 39.4 Å². The minimum absolute atomic E-state index is 0.0588. The molecule has 1 nitrogen and oxygen atoms in total.